The smallest absolute Gasteiger partial charge is 0.264 e. The predicted molar refractivity (Wildman–Crippen MR) is 128 cm³/mol. The molecule has 0 heterocycles. The van der Waals surface area contributed by atoms with Crippen LogP contribution < -0.4 is 9.62 Å². The van der Waals surface area contributed by atoms with Crippen LogP contribution in [0.1, 0.15) is 16.7 Å². The first kappa shape index (κ1) is 22.9. The minimum Gasteiger partial charge on any atom is -0.324 e. The number of carbonyl (C=O) groups excluding carboxylic acids is 1. The van der Waals surface area contributed by atoms with Crippen LogP contribution in [0.15, 0.2) is 76.5 Å². The average Bonchev–Trinajstić information content (AvgIpc) is 2.75. The van der Waals surface area contributed by atoms with Gasteiger partial charge in [0, 0.05) is 10.6 Å². The molecule has 7 heteroatoms. The molecule has 0 aliphatic heterocycles. The highest BCUT2D eigenvalue weighted by atomic mass is 32.2. The number of carbonyl (C=O) groups is 1. The van der Waals surface area contributed by atoms with E-state index in [1.807, 2.05) is 57.4 Å². The molecular weight excluding hydrogens is 428 g/mol. The predicted octanol–water partition coefficient (Wildman–Crippen LogP) is 5.17. The zero-order valence-corrected chi connectivity index (χ0v) is 19.7. The van der Waals surface area contributed by atoms with Gasteiger partial charge in [-0.2, -0.15) is 0 Å². The molecule has 0 aliphatic rings. The number of aryl methyl sites for hydroxylation is 3. The van der Waals surface area contributed by atoms with Crippen LogP contribution >= 0.6 is 11.8 Å². The molecule has 0 unspecified atom stereocenters. The molecule has 0 fully saturated rings. The molecular formula is C24H26N2O3S2. The van der Waals surface area contributed by atoms with E-state index in [0.29, 0.717) is 11.4 Å². The van der Waals surface area contributed by atoms with Crippen molar-refractivity contribution in [3.63, 3.8) is 0 Å². The molecule has 0 aliphatic carbocycles. The fraction of sp³-hybridized carbons (Fsp3) is 0.208. The Hall–Kier alpha value is -2.77. The summed E-state index contributed by atoms with van der Waals surface area (Å²) in [6.45, 7) is 5.41. The third-order valence-corrected chi connectivity index (χ3v) is 7.53. The van der Waals surface area contributed by atoms with E-state index in [2.05, 4.69) is 5.32 Å². The van der Waals surface area contributed by atoms with E-state index in [-0.39, 0.29) is 11.4 Å². The molecule has 0 spiro atoms. The Morgan fingerprint density at radius 2 is 1.48 bits per heavy atom. The van der Waals surface area contributed by atoms with Crippen molar-refractivity contribution in [3.8, 4) is 0 Å². The molecule has 3 aromatic carbocycles. The normalized spacial score (nSPS) is 11.2. The number of anilines is 2. The second-order valence-electron chi connectivity index (χ2n) is 7.34. The minimum atomic E-state index is -3.94. The maximum atomic E-state index is 13.5. The van der Waals surface area contributed by atoms with Crippen LogP contribution in [0.5, 0.6) is 0 Å². The van der Waals surface area contributed by atoms with Gasteiger partial charge in [0.25, 0.3) is 10.0 Å². The number of nitrogens with one attached hydrogen (secondary N) is 1. The zero-order chi connectivity index (χ0) is 22.6. The van der Waals surface area contributed by atoms with Gasteiger partial charge in [0.2, 0.25) is 5.91 Å². The number of hydrogen-bond donors (Lipinski definition) is 1. The van der Waals surface area contributed by atoms with E-state index in [0.717, 1.165) is 25.9 Å². The lowest BCUT2D eigenvalue weighted by Crippen LogP contribution is -2.38. The lowest BCUT2D eigenvalue weighted by Gasteiger charge is -2.24. The molecule has 1 amide bonds. The lowest BCUT2D eigenvalue weighted by molar-refractivity contribution is -0.114. The summed E-state index contributed by atoms with van der Waals surface area (Å²) < 4.78 is 28.1. The van der Waals surface area contributed by atoms with Gasteiger partial charge in [-0.05, 0) is 74.6 Å². The van der Waals surface area contributed by atoms with Crippen LogP contribution in [-0.4, -0.2) is 27.1 Å². The molecule has 0 radical (unpaired) electrons. The summed E-state index contributed by atoms with van der Waals surface area (Å²) in [6, 6.07) is 19.5. The highest BCUT2D eigenvalue weighted by Gasteiger charge is 2.27. The number of nitrogens with zero attached hydrogens (tertiary/aromatic N) is 1. The molecule has 0 saturated carbocycles. The van der Waals surface area contributed by atoms with E-state index >= 15 is 0 Å². The van der Waals surface area contributed by atoms with E-state index in [4.69, 9.17) is 0 Å². The van der Waals surface area contributed by atoms with Gasteiger partial charge in [-0.1, -0.05) is 35.9 Å². The summed E-state index contributed by atoms with van der Waals surface area (Å²) in [5, 5.41) is 2.88. The number of sulfonamides is 1. The molecule has 3 aromatic rings. The Morgan fingerprint density at radius 3 is 2.03 bits per heavy atom. The van der Waals surface area contributed by atoms with E-state index in [9.17, 15) is 13.2 Å². The van der Waals surface area contributed by atoms with Crippen molar-refractivity contribution >= 4 is 39.1 Å². The van der Waals surface area contributed by atoms with Crippen molar-refractivity contribution in [2.75, 3.05) is 22.4 Å². The maximum absolute atomic E-state index is 13.5. The zero-order valence-electron chi connectivity index (χ0n) is 18.0. The van der Waals surface area contributed by atoms with Gasteiger partial charge >= 0.3 is 0 Å². The molecule has 162 valence electrons. The highest BCUT2D eigenvalue weighted by Crippen LogP contribution is 2.26. The quantitative estimate of drug-likeness (QED) is 0.500. The van der Waals surface area contributed by atoms with Crippen LogP contribution in [0, 0.1) is 20.8 Å². The van der Waals surface area contributed by atoms with Crippen molar-refractivity contribution in [1.29, 1.82) is 0 Å². The molecule has 3 rings (SSSR count). The number of benzene rings is 3. The fourth-order valence-corrected chi connectivity index (χ4v) is 5.05. The maximum Gasteiger partial charge on any atom is 0.264 e. The Balaban J connectivity index is 1.96. The van der Waals surface area contributed by atoms with Gasteiger partial charge in [0.15, 0.2) is 0 Å². The van der Waals surface area contributed by atoms with E-state index < -0.39 is 15.9 Å². The topological polar surface area (TPSA) is 66.5 Å². The molecule has 0 saturated heterocycles. The Morgan fingerprint density at radius 1 is 0.903 bits per heavy atom. The Labute approximate surface area is 188 Å². The fourth-order valence-electron chi connectivity index (χ4n) is 3.22. The Kier molecular flexibility index (Phi) is 7.08. The lowest BCUT2D eigenvalue weighted by atomic mass is 10.1. The first-order valence-electron chi connectivity index (χ1n) is 9.82. The third-order valence-electron chi connectivity index (χ3n) is 5.00. The summed E-state index contributed by atoms with van der Waals surface area (Å²) in [5.41, 5.74) is 4.00. The third kappa shape index (κ3) is 5.29. The number of rotatable bonds is 7. The summed E-state index contributed by atoms with van der Waals surface area (Å²) in [7, 11) is -3.94. The summed E-state index contributed by atoms with van der Waals surface area (Å²) in [5.74, 6) is -0.401. The summed E-state index contributed by atoms with van der Waals surface area (Å²) in [6.07, 6.45) is 1.93. The number of amides is 1. The van der Waals surface area contributed by atoms with Crippen molar-refractivity contribution < 1.29 is 13.2 Å². The Bertz CT molecular complexity index is 1150. The molecule has 5 nitrogen and oxygen atoms in total. The van der Waals surface area contributed by atoms with Gasteiger partial charge < -0.3 is 5.32 Å². The van der Waals surface area contributed by atoms with Gasteiger partial charge in [-0.25, -0.2) is 8.42 Å². The SMILES string of the molecule is CSc1ccc(S(=O)(=O)N(CC(=O)Nc2c(C)cccc2C)c2ccc(C)cc2)cc1. The number of para-hydroxylation sites is 1. The van der Waals surface area contributed by atoms with Crippen LogP contribution in [0.25, 0.3) is 0 Å². The van der Waals surface area contributed by atoms with Crippen molar-refractivity contribution in [1.82, 2.24) is 0 Å². The van der Waals surface area contributed by atoms with E-state index in [1.165, 1.54) is 11.8 Å². The van der Waals surface area contributed by atoms with Crippen LogP contribution in [0.4, 0.5) is 11.4 Å². The second-order valence-corrected chi connectivity index (χ2v) is 10.1. The first-order valence-corrected chi connectivity index (χ1v) is 12.5. The molecule has 1 N–H and O–H groups in total. The minimum absolute atomic E-state index is 0.144. The molecule has 0 bridgehead atoms. The first-order chi connectivity index (χ1) is 14.7. The summed E-state index contributed by atoms with van der Waals surface area (Å²) in [4.78, 5) is 14.0. The van der Waals surface area contributed by atoms with Crippen molar-refractivity contribution in [3.05, 3.63) is 83.4 Å². The molecule has 31 heavy (non-hydrogen) atoms. The van der Waals surface area contributed by atoms with Crippen LogP contribution in [-0.2, 0) is 14.8 Å². The van der Waals surface area contributed by atoms with Gasteiger partial charge in [-0.3, -0.25) is 9.10 Å². The number of hydrogen-bond acceptors (Lipinski definition) is 4. The van der Waals surface area contributed by atoms with Crippen molar-refractivity contribution in [2.45, 2.75) is 30.6 Å². The monoisotopic (exact) mass is 454 g/mol. The van der Waals surface area contributed by atoms with Gasteiger partial charge in [0.05, 0.1) is 10.6 Å². The van der Waals surface area contributed by atoms with Crippen LogP contribution in [0.2, 0.25) is 0 Å². The molecule has 0 atom stereocenters. The standard InChI is InChI=1S/C24H26N2O3S2/c1-17-8-10-20(11-9-17)26(31(28,29)22-14-12-21(30-4)13-15-22)16-23(27)25-24-18(2)6-5-7-19(24)3/h5-15H,16H2,1-4H3,(H,25,27). The van der Waals surface area contributed by atoms with Crippen LogP contribution in [0.3, 0.4) is 0 Å². The number of thioether (sulfide) groups is 1. The van der Waals surface area contributed by atoms with E-state index in [1.54, 1.807) is 36.4 Å². The second kappa shape index (κ2) is 9.58. The largest absolute Gasteiger partial charge is 0.324 e. The molecule has 0 aromatic heterocycles. The highest BCUT2D eigenvalue weighted by molar-refractivity contribution is 7.98. The van der Waals surface area contributed by atoms with Crippen molar-refractivity contribution in [2.24, 2.45) is 0 Å². The van der Waals surface area contributed by atoms with Gasteiger partial charge in [-0.15, -0.1) is 11.8 Å². The summed E-state index contributed by atoms with van der Waals surface area (Å²) >= 11 is 1.54. The average molecular weight is 455 g/mol. The van der Waals surface area contributed by atoms with Gasteiger partial charge in [0.1, 0.15) is 6.54 Å².